The molecule has 5 heteroatoms. The van der Waals surface area contributed by atoms with Crippen LogP contribution in [0.4, 0.5) is 5.95 Å². The van der Waals surface area contributed by atoms with Crippen LogP contribution in [0.5, 0.6) is 5.88 Å². The topological polar surface area (TPSA) is 64.1 Å². The van der Waals surface area contributed by atoms with Gasteiger partial charge in [0, 0.05) is 19.2 Å². The summed E-state index contributed by atoms with van der Waals surface area (Å²) in [6.45, 7) is 3.92. The molecule has 0 unspecified atom stereocenters. The van der Waals surface area contributed by atoms with Crippen molar-refractivity contribution in [2.24, 2.45) is 0 Å². The number of hydrogen-bond acceptors (Lipinski definition) is 4. The molecule has 1 rings (SSSR count). The standard InChI is InChI=1S/C11H15N3O2/c1-3-4-5-8-16-10-6-7-12-11(14-10)13-9(2)15/h3-4,6-7H,5,8H2,1-2H3,(H,12,13,14,15). The molecule has 0 aliphatic heterocycles. The van der Waals surface area contributed by atoms with Crippen molar-refractivity contribution in [3.63, 3.8) is 0 Å². The van der Waals surface area contributed by atoms with Crippen molar-refractivity contribution in [2.75, 3.05) is 11.9 Å². The first-order chi connectivity index (χ1) is 7.72. The van der Waals surface area contributed by atoms with Gasteiger partial charge >= 0.3 is 0 Å². The number of nitrogens with zero attached hydrogens (tertiary/aromatic N) is 2. The summed E-state index contributed by atoms with van der Waals surface area (Å²) in [5.41, 5.74) is 0. The Hall–Kier alpha value is -1.91. The van der Waals surface area contributed by atoms with Crippen LogP contribution < -0.4 is 10.1 Å². The lowest BCUT2D eigenvalue weighted by Gasteiger charge is -2.04. The van der Waals surface area contributed by atoms with E-state index in [-0.39, 0.29) is 11.9 Å². The Bertz CT molecular complexity index is 377. The average molecular weight is 221 g/mol. The number of rotatable bonds is 5. The number of carbonyl (C=O) groups excluding carboxylic acids is 1. The van der Waals surface area contributed by atoms with Gasteiger partial charge in [0.2, 0.25) is 17.7 Å². The first kappa shape index (κ1) is 12.2. The minimum absolute atomic E-state index is 0.203. The third-order valence-electron chi connectivity index (χ3n) is 1.69. The van der Waals surface area contributed by atoms with Crippen LogP contribution in [0, 0.1) is 0 Å². The number of amides is 1. The molecular weight excluding hydrogens is 206 g/mol. The number of carbonyl (C=O) groups is 1. The Morgan fingerprint density at radius 1 is 1.62 bits per heavy atom. The predicted molar refractivity (Wildman–Crippen MR) is 61.3 cm³/mol. The molecule has 0 radical (unpaired) electrons. The van der Waals surface area contributed by atoms with Crippen molar-refractivity contribution >= 4 is 11.9 Å². The molecule has 5 nitrogen and oxygen atoms in total. The summed E-state index contributed by atoms with van der Waals surface area (Å²) in [4.78, 5) is 18.7. The number of nitrogens with one attached hydrogen (secondary N) is 1. The molecule has 1 N–H and O–H groups in total. The fourth-order valence-electron chi connectivity index (χ4n) is 1.04. The summed E-state index contributed by atoms with van der Waals surface area (Å²) >= 11 is 0. The molecule has 1 heterocycles. The molecule has 1 aromatic rings. The molecule has 0 fully saturated rings. The molecule has 1 amide bonds. The predicted octanol–water partition coefficient (Wildman–Crippen LogP) is 1.78. The molecule has 0 atom stereocenters. The lowest BCUT2D eigenvalue weighted by Crippen LogP contribution is -2.09. The zero-order chi connectivity index (χ0) is 11.8. The SMILES string of the molecule is CC=CCCOc1ccnc(NC(C)=O)n1. The molecule has 86 valence electrons. The van der Waals surface area contributed by atoms with E-state index in [0.29, 0.717) is 12.5 Å². The van der Waals surface area contributed by atoms with Gasteiger partial charge in [0.25, 0.3) is 0 Å². The van der Waals surface area contributed by atoms with E-state index >= 15 is 0 Å². The van der Waals surface area contributed by atoms with Crippen LogP contribution in [0.25, 0.3) is 0 Å². The van der Waals surface area contributed by atoms with Crippen LogP contribution >= 0.6 is 0 Å². The van der Waals surface area contributed by atoms with Crippen molar-refractivity contribution in [1.29, 1.82) is 0 Å². The first-order valence-electron chi connectivity index (χ1n) is 5.07. The summed E-state index contributed by atoms with van der Waals surface area (Å²) in [6, 6.07) is 1.65. The second-order valence-electron chi connectivity index (χ2n) is 3.11. The molecule has 0 saturated heterocycles. The van der Waals surface area contributed by atoms with Gasteiger partial charge in [0.15, 0.2) is 0 Å². The highest BCUT2D eigenvalue weighted by molar-refractivity contribution is 5.86. The highest BCUT2D eigenvalue weighted by atomic mass is 16.5. The van der Waals surface area contributed by atoms with E-state index in [0.717, 1.165) is 6.42 Å². The van der Waals surface area contributed by atoms with Crippen LogP contribution in [0.3, 0.4) is 0 Å². The van der Waals surface area contributed by atoms with Crippen LogP contribution in [0.1, 0.15) is 20.3 Å². The van der Waals surface area contributed by atoms with Crippen molar-refractivity contribution < 1.29 is 9.53 Å². The van der Waals surface area contributed by atoms with Gasteiger partial charge < -0.3 is 4.74 Å². The van der Waals surface area contributed by atoms with Crippen LogP contribution in [0.2, 0.25) is 0 Å². The Morgan fingerprint density at radius 2 is 2.44 bits per heavy atom. The maximum atomic E-state index is 10.8. The number of aromatic nitrogens is 2. The van der Waals surface area contributed by atoms with Crippen LogP contribution in [0.15, 0.2) is 24.4 Å². The third kappa shape index (κ3) is 4.54. The summed E-state index contributed by atoms with van der Waals surface area (Å²) in [7, 11) is 0. The van der Waals surface area contributed by atoms with Crippen LogP contribution in [-0.2, 0) is 4.79 Å². The van der Waals surface area contributed by atoms with Crippen molar-refractivity contribution in [1.82, 2.24) is 9.97 Å². The van der Waals surface area contributed by atoms with Gasteiger partial charge in [-0.3, -0.25) is 10.1 Å². The van der Waals surface area contributed by atoms with Gasteiger partial charge in [-0.15, -0.1) is 0 Å². The molecule has 16 heavy (non-hydrogen) atoms. The maximum absolute atomic E-state index is 10.8. The van der Waals surface area contributed by atoms with Crippen LogP contribution in [-0.4, -0.2) is 22.5 Å². The fourth-order valence-corrected chi connectivity index (χ4v) is 1.04. The summed E-state index contributed by atoms with van der Waals surface area (Å²) < 4.78 is 5.38. The highest BCUT2D eigenvalue weighted by Gasteiger charge is 2.00. The Kier molecular flexibility index (Phi) is 4.98. The van der Waals surface area contributed by atoms with Gasteiger partial charge in [-0.25, -0.2) is 4.98 Å². The Morgan fingerprint density at radius 3 is 3.12 bits per heavy atom. The minimum atomic E-state index is -0.203. The van der Waals surface area contributed by atoms with E-state index in [1.54, 1.807) is 12.3 Å². The van der Waals surface area contributed by atoms with Gasteiger partial charge in [0.1, 0.15) is 0 Å². The lowest BCUT2D eigenvalue weighted by molar-refractivity contribution is -0.114. The normalized spacial score (nSPS) is 10.4. The third-order valence-corrected chi connectivity index (χ3v) is 1.69. The van der Waals surface area contributed by atoms with Gasteiger partial charge in [0.05, 0.1) is 6.61 Å². The summed E-state index contributed by atoms with van der Waals surface area (Å²) in [5.74, 6) is 0.519. The first-order valence-corrected chi connectivity index (χ1v) is 5.07. The number of ether oxygens (including phenoxy) is 1. The second-order valence-corrected chi connectivity index (χ2v) is 3.11. The Labute approximate surface area is 94.6 Å². The molecule has 0 spiro atoms. The molecule has 0 aromatic carbocycles. The molecule has 1 aromatic heterocycles. The lowest BCUT2D eigenvalue weighted by atomic mass is 10.4. The summed E-state index contributed by atoms with van der Waals surface area (Å²) in [5, 5.41) is 2.49. The van der Waals surface area contributed by atoms with E-state index in [1.807, 2.05) is 19.1 Å². The zero-order valence-electron chi connectivity index (χ0n) is 9.43. The van der Waals surface area contributed by atoms with Crippen molar-refractivity contribution in [2.45, 2.75) is 20.3 Å². The van der Waals surface area contributed by atoms with E-state index in [4.69, 9.17) is 4.74 Å². The largest absolute Gasteiger partial charge is 0.477 e. The zero-order valence-corrected chi connectivity index (χ0v) is 9.43. The number of allylic oxidation sites excluding steroid dienone is 1. The van der Waals surface area contributed by atoms with E-state index < -0.39 is 0 Å². The van der Waals surface area contributed by atoms with Gasteiger partial charge in [-0.1, -0.05) is 12.2 Å². The summed E-state index contributed by atoms with van der Waals surface area (Å²) in [6.07, 6.45) is 6.35. The van der Waals surface area contributed by atoms with E-state index in [1.165, 1.54) is 6.92 Å². The maximum Gasteiger partial charge on any atom is 0.232 e. The number of anilines is 1. The monoisotopic (exact) mass is 221 g/mol. The van der Waals surface area contributed by atoms with E-state index in [9.17, 15) is 4.79 Å². The van der Waals surface area contributed by atoms with Gasteiger partial charge in [-0.05, 0) is 13.3 Å². The molecule has 0 bridgehead atoms. The Balaban J connectivity index is 2.50. The fraction of sp³-hybridized carbons (Fsp3) is 0.364. The van der Waals surface area contributed by atoms with Gasteiger partial charge in [-0.2, -0.15) is 4.98 Å². The molecule has 0 aliphatic rings. The van der Waals surface area contributed by atoms with Crippen molar-refractivity contribution in [3.8, 4) is 5.88 Å². The van der Waals surface area contributed by atoms with Crippen molar-refractivity contribution in [3.05, 3.63) is 24.4 Å². The molecular formula is C11H15N3O2. The number of hydrogen-bond donors (Lipinski definition) is 1. The second kappa shape index (κ2) is 6.55. The van der Waals surface area contributed by atoms with E-state index in [2.05, 4.69) is 15.3 Å². The quantitative estimate of drug-likeness (QED) is 0.608. The minimum Gasteiger partial charge on any atom is -0.477 e. The highest BCUT2D eigenvalue weighted by Crippen LogP contribution is 2.08. The average Bonchev–Trinajstić information content (AvgIpc) is 2.24. The molecule has 0 aliphatic carbocycles. The smallest absolute Gasteiger partial charge is 0.232 e. The molecule has 0 saturated carbocycles.